The molecule has 0 spiro atoms. The number of rotatable bonds is 4. The first-order chi connectivity index (χ1) is 15.8. The number of amides is 2. The number of anilines is 2. The Balaban J connectivity index is 1.72. The molecule has 0 fully saturated rings. The van der Waals surface area contributed by atoms with Crippen molar-refractivity contribution >= 4 is 23.2 Å². The fourth-order valence-electron chi connectivity index (χ4n) is 3.80. The summed E-state index contributed by atoms with van der Waals surface area (Å²) in [6, 6.07) is 12.6. The molecule has 0 saturated heterocycles. The lowest BCUT2D eigenvalue weighted by molar-refractivity contribution is -0.122. The number of nitrogens with zero attached hydrogens (tertiary/aromatic N) is 3. The van der Waals surface area contributed by atoms with E-state index in [1.807, 2.05) is 6.07 Å². The Bertz CT molecular complexity index is 1290. The quantitative estimate of drug-likeness (QED) is 0.620. The van der Waals surface area contributed by atoms with E-state index in [9.17, 15) is 23.6 Å². The zero-order valence-corrected chi connectivity index (χ0v) is 17.3. The van der Waals surface area contributed by atoms with E-state index in [2.05, 4.69) is 10.3 Å². The molecule has 3 aromatic rings. The van der Waals surface area contributed by atoms with Crippen molar-refractivity contribution < 1.29 is 22.8 Å². The van der Waals surface area contributed by atoms with E-state index in [-0.39, 0.29) is 28.1 Å². The van der Waals surface area contributed by atoms with Crippen LogP contribution in [0.2, 0.25) is 0 Å². The standard InChI is InChI=1S/C24H17F3N4O2/c1-13-22-17(3-2-8-29-22)21-18(25)9-14(11-28)10-19(21)31(24(13)33)12-20(32)30-16-6-4-15(5-7-16)23(26)27/h2-10,13,23H,12H2,1H3,(H,30,32)/t13-/m0/s1. The molecular formula is C24H17F3N4O2. The number of nitrogens with one attached hydrogen (secondary N) is 1. The summed E-state index contributed by atoms with van der Waals surface area (Å²) in [5, 5.41) is 11.9. The van der Waals surface area contributed by atoms with E-state index in [0.29, 0.717) is 11.3 Å². The third-order valence-electron chi connectivity index (χ3n) is 5.39. The highest BCUT2D eigenvalue weighted by Gasteiger charge is 2.35. The van der Waals surface area contributed by atoms with Gasteiger partial charge < -0.3 is 10.2 Å². The molecule has 0 saturated carbocycles. The summed E-state index contributed by atoms with van der Waals surface area (Å²) in [5.74, 6) is -2.61. The number of alkyl halides is 2. The minimum Gasteiger partial charge on any atom is -0.325 e. The molecule has 1 aliphatic heterocycles. The molecule has 1 aliphatic rings. The molecule has 1 N–H and O–H groups in total. The molecule has 0 unspecified atom stereocenters. The topological polar surface area (TPSA) is 86.1 Å². The van der Waals surface area contributed by atoms with Crippen LogP contribution >= 0.6 is 0 Å². The number of benzene rings is 2. The van der Waals surface area contributed by atoms with Crippen molar-refractivity contribution in [3.63, 3.8) is 0 Å². The number of aromatic nitrogens is 1. The van der Waals surface area contributed by atoms with Gasteiger partial charge in [-0.2, -0.15) is 5.26 Å². The van der Waals surface area contributed by atoms with E-state index in [4.69, 9.17) is 0 Å². The minimum atomic E-state index is -2.64. The Labute approximate surface area is 187 Å². The molecule has 6 nitrogen and oxygen atoms in total. The van der Waals surface area contributed by atoms with Gasteiger partial charge in [0.15, 0.2) is 0 Å². The van der Waals surface area contributed by atoms with Gasteiger partial charge in [-0.05, 0) is 37.3 Å². The molecule has 9 heteroatoms. The molecule has 1 aromatic heterocycles. The summed E-state index contributed by atoms with van der Waals surface area (Å²) >= 11 is 0. The predicted molar refractivity (Wildman–Crippen MR) is 115 cm³/mol. The second-order valence-electron chi connectivity index (χ2n) is 7.52. The number of nitriles is 1. The Morgan fingerprint density at radius 3 is 2.64 bits per heavy atom. The van der Waals surface area contributed by atoms with Gasteiger partial charge in [-0.3, -0.25) is 14.6 Å². The first-order valence-electron chi connectivity index (χ1n) is 9.98. The largest absolute Gasteiger partial charge is 0.325 e. The number of pyridine rings is 1. The number of halogens is 3. The highest BCUT2D eigenvalue weighted by Crippen LogP contribution is 2.42. The number of carbonyl (C=O) groups is 2. The van der Waals surface area contributed by atoms with Crippen LogP contribution in [0, 0.1) is 17.1 Å². The average molecular weight is 450 g/mol. The molecule has 2 aromatic carbocycles. The van der Waals surface area contributed by atoms with Crippen molar-refractivity contribution in [2.24, 2.45) is 0 Å². The lowest BCUT2D eigenvalue weighted by Gasteiger charge is -2.24. The highest BCUT2D eigenvalue weighted by molar-refractivity contribution is 6.09. The van der Waals surface area contributed by atoms with Crippen molar-refractivity contribution in [2.75, 3.05) is 16.8 Å². The maximum Gasteiger partial charge on any atom is 0.263 e. The summed E-state index contributed by atoms with van der Waals surface area (Å²) in [4.78, 5) is 31.4. The highest BCUT2D eigenvalue weighted by atomic mass is 19.3. The number of fused-ring (bicyclic) bond motifs is 3. The molecule has 0 bridgehead atoms. The van der Waals surface area contributed by atoms with Crippen molar-refractivity contribution in [3.8, 4) is 17.2 Å². The van der Waals surface area contributed by atoms with Gasteiger partial charge in [0.05, 0.1) is 28.9 Å². The first-order valence-corrected chi connectivity index (χ1v) is 9.98. The van der Waals surface area contributed by atoms with Crippen LogP contribution in [0.3, 0.4) is 0 Å². The minimum absolute atomic E-state index is 0.00737. The number of hydrogen-bond donors (Lipinski definition) is 1. The normalized spacial score (nSPS) is 14.8. The van der Waals surface area contributed by atoms with Gasteiger partial charge >= 0.3 is 0 Å². The second-order valence-corrected chi connectivity index (χ2v) is 7.52. The van der Waals surface area contributed by atoms with Crippen LogP contribution in [-0.4, -0.2) is 23.3 Å². The van der Waals surface area contributed by atoms with E-state index < -0.39 is 36.5 Å². The fourth-order valence-corrected chi connectivity index (χ4v) is 3.80. The van der Waals surface area contributed by atoms with Crippen LogP contribution in [0.1, 0.15) is 36.1 Å². The Kier molecular flexibility index (Phi) is 5.84. The molecule has 0 aliphatic carbocycles. The molecule has 2 amide bonds. The summed E-state index contributed by atoms with van der Waals surface area (Å²) < 4.78 is 40.6. The molecule has 33 heavy (non-hydrogen) atoms. The van der Waals surface area contributed by atoms with Gasteiger partial charge in [-0.1, -0.05) is 18.2 Å². The van der Waals surface area contributed by atoms with Gasteiger partial charge in [0.1, 0.15) is 12.4 Å². The lowest BCUT2D eigenvalue weighted by atomic mass is 9.96. The van der Waals surface area contributed by atoms with E-state index in [0.717, 1.165) is 11.0 Å². The van der Waals surface area contributed by atoms with Gasteiger partial charge in [0.2, 0.25) is 11.8 Å². The summed E-state index contributed by atoms with van der Waals surface area (Å²) in [7, 11) is 0. The van der Waals surface area contributed by atoms with Gasteiger partial charge in [0.25, 0.3) is 6.43 Å². The van der Waals surface area contributed by atoms with Crippen LogP contribution in [0.25, 0.3) is 11.1 Å². The summed E-state index contributed by atoms with van der Waals surface area (Å²) in [6.07, 6.45) is -1.14. The number of hydrogen-bond acceptors (Lipinski definition) is 4. The third kappa shape index (κ3) is 4.15. The van der Waals surface area contributed by atoms with Crippen LogP contribution in [0.5, 0.6) is 0 Å². The lowest BCUT2D eigenvalue weighted by Crippen LogP contribution is -2.40. The first kappa shape index (κ1) is 22.0. The zero-order valence-electron chi connectivity index (χ0n) is 17.3. The van der Waals surface area contributed by atoms with Gasteiger partial charge in [-0.25, -0.2) is 13.2 Å². The molecule has 166 valence electrons. The molecule has 2 heterocycles. The fraction of sp³-hybridized carbons (Fsp3) is 0.167. The number of carbonyl (C=O) groups excluding carboxylic acids is 2. The predicted octanol–water partition coefficient (Wildman–Crippen LogP) is 4.79. The third-order valence-corrected chi connectivity index (χ3v) is 5.39. The maximum absolute atomic E-state index is 15.1. The van der Waals surface area contributed by atoms with Crippen LogP contribution in [0.15, 0.2) is 54.7 Å². The van der Waals surface area contributed by atoms with Crippen LogP contribution < -0.4 is 10.2 Å². The van der Waals surface area contributed by atoms with Crippen molar-refractivity contribution in [3.05, 3.63) is 77.4 Å². The van der Waals surface area contributed by atoms with E-state index >= 15 is 4.39 Å². The molecule has 1 atom stereocenters. The summed E-state index contributed by atoms with van der Waals surface area (Å²) in [6.45, 7) is 1.13. The Morgan fingerprint density at radius 1 is 1.24 bits per heavy atom. The van der Waals surface area contributed by atoms with Gasteiger partial charge in [-0.15, -0.1) is 0 Å². The maximum atomic E-state index is 15.1. The van der Waals surface area contributed by atoms with Crippen molar-refractivity contribution in [1.82, 2.24) is 4.98 Å². The smallest absolute Gasteiger partial charge is 0.263 e. The van der Waals surface area contributed by atoms with Crippen LogP contribution in [0.4, 0.5) is 24.5 Å². The van der Waals surface area contributed by atoms with Crippen molar-refractivity contribution in [1.29, 1.82) is 5.26 Å². The van der Waals surface area contributed by atoms with Gasteiger partial charge in [0, 0.05) is 28.6 Å². The Hall–Kier alpha value is -4.19. The SMILES string of the molecule is C[C@@H]1C(=O)N(CC(=O)Nc2ccc(C(F)F)cc2)c2cc(C#N)cc(F)c2-c2cccnc21. The molecule has 0 radical (unpaired) electrons. The molecular weight excluding hydrogens is 433 g/mol. The monoisotopic (exact) mass is 450 g/mol. The average Bonchev–Trinajstić information content (AvgIpc) is 2.89. The van der Waals surface area contributed by atoms with Crippen LogP contribution in [-0.2, 0) is 9.59 Å². The van der Waals surface area contributed by atoms with E-state index in [1.165, 1.54) is 36.5 Å². The molecule has 4 rings (SSSR count). The summed E-state index contributed by atoms with van der Waals surface area (Å²) in [5.41, 5.74) is 0.984. The van der Waals surface area contributed by atoms with Crippen molar-refractivity contribution in [2.45, 2.75) is 19.3 Å². The Morgan fingerprint density at radius 2 is 1.97 bits per heavy atom. The second kappa shape index (κ2) is 8.74. The zero-order chi connectivity index (χ0) is 23.7. The van der Waals surface area contributed by atoms with E-state index in [1.54, 1.807) is 19.1 Å².